The Morgan fingerprint density at radius 2 is 2.08 bits per heavy atom. The molecule has 1 N–H and O–H groups in total. The van der Waals surface area contributed by atoms with Gasteiger partial charge in [0.25, 0.3) is 5.91 Å². The fraction of sp³-hybridized carbons (Fsp3) is 0.421. The van der Waals surface area contributed by atoms with Gasteiger partial charge in [0.2, 0.25) is 0 Å². The van der Waals surface area contributed by atoms with Crippen LogP contribution in [0.4, 0.5) is 0 Å². The Morgan fingerprint density at radius 1 is 1.35 bits per heavy atom. The molecule has 1 unspecified atom stereocenters. The molecule has 0 radical (unpaired) electrons. The molecular weight excluding hydrogens is 352 g/mol. The number of carboxylic acids is 1. The van der Waals surface area contributed by atoms with Gasteiger partial charge in [0.15, 0.2) is 0 Å². The number of rotatable bonds is 6. The van der Waals surface area contributed by atoms with Crippen LogP contribution in [0.1, 0.15) is 37.2 Å². The van der Waals surface area contributed by atoms with Crippen LogP contribution in [0.5, 0.6) is 5.75 Å². The normalized spacial score (nSPS) is 19.5. The Labute approximate surface area is 156 Å². The van der Waals surface area contributed by atoms with Crippen molar-refractivity contribution in [3.8, 4) is 16.3 Å². The van der Waals surface area contributed by atoms with Crippen LogP contribution >= 0.6 is 11.3 Å². The molecule has 2 aromatic rings. The van der Waals surface area contributed by atoms with Crippen LogP contribution in [0, 0.1) is 5.41 Å². The van der Waals surface area contributed by atoms with Crippen LogP contribution in [0.3, 0.4) is 0 Å². The quantitative estimate of drug-likeness (QED) is 0.837. The predicted octanol–water partition coefficient (Wildman–Crippen LogP) is 3.54. The Balaban J connectivity index is 1.70. The standard InChI is InChI=1S/C19H22N2O4S/c1-3-10-25-14-6-4-13(5-7-14)16-20-15(11-26-16)17(22)21-9-8-19(2,12-21)18(23)24/h4-7,11H,3,8-10,12H2,1-2H3,(H,23,24). The van der Waals surface area contributed by atoms with Crippen LogP contribution < -0.4 is 4.74 Å². The van der Waals surface area contributed by atoms with Gasteiger partial charge in [0.1, 0.15) is 16.5 Å². The number of aromatic nitrogens is 1. The maximum absolute atomic E-state index is 12.6. The molecule has 1 atom stereocenters. The number of likely N-dealkylation sites (tertiary alicyclic amines) is 1. The summed E-state index contributed by atoms with van der Waals surface area (Å²) in [6.45, 7) is 5.08. The third-order valence-electron chi connectivity index (χ3n) is 4.57. The first-order valence-corrected chi connectivity index (χ1v) is 9.52. The zero-order chi connectivity index (χ0) is 18.7. The van der Waals surface area contributed by atoms with Crippen LogP contribution in [0.15, 0.2) is 29.6 Å². The molecule has 0 aliphatic carbocycles. The predicted molar refractivity (Wildman–Crippen MR) is 99.6 cm³/mol. The first kappa shape index (κ1) is 18.4. The summed E-state index contributed by atoms with van der Waals surface area (Å²) in [7, 11) is 0. The van der Waals surface area contributed by atoms with Crippen molar-refractivity contribution in [1.29, 1.82) is 0 Å². The summed E-state index contributed by atoms with van der Waals surface area (Å²) in [5.74, 6) is -0.258. The van der Waals surface area contributed by atoms with Gasteiger partial charge in [0.05, 0.1) is 12.0 Å². The zero-order valence-corrected chi connectivity index (χ0v) is 15.7. The summed E-state index contributed by atoms with van der Waals surface area (Å²) in [5.41, 5.74) is 0.420. The fourth-order valence-corrected chi connectivity index (χ4v) is 3.69. The topological polar surface area (TPSA) is 79.7 Å². The van der Waals surface area contributed by atoms with Gasteiger partial charge in [-0.15, -0.1) is 11.3 Å². The third-order valence-corrected chi connectivity index (χ3v) is 5.47. The molecule has 0 bridgehead atoms. The number of carbonyl (C=O) groups excluding carboxylic acids is 1. The number of amides is 1. The number of ether oxygens (including phenoxy) is 1. The molecular formula is C19H22N2O4S. The summed E-state index contributed by atoms with van der Waals surface area (Å²) >= 11 is 1.40. The van der Waals surface area contributed by atoms with E-state index in [1.807, 2.05) is 24.3 Å². The number of thiazole rings is 1. The maximum atomic E-state index is 12.6. The second-order valence-electron chi connectivity index (χ2n) is 6.75. The average molecular weight is 374 g/mol. The lowest BCUT2D eigenvalue weighted by Crippen LogP contribution is -2.35. The van der Waals surface area contributed by atoms with Crippen molar-refractivity contribution in [1.82, 2.24) is 9.88 Å². The molecule has 1 aromatic heterocycles. The van der Waals surface area contributed by atoms with E-state index in [0.717, 1.165) is 22.7 Å². The zero-order valence-electron chi connectivity index (χ0n) is 14.9. The smallest absolute Gasteiger partial charge is 0.311 e. The Morgan fingerprint density at radius 3 is 2.69 bits per heavy atom. The maximum Gasteiger partial charge on any atom is 0.311 e. The van der Waals surface area contributed by atoms with Crippen molar-refractivity contribution < 1.29 is 19.4 Å². The van der Waals surface area contributed by atoms with Gasteiger partial charge >= 0.3 is 5.97 Å². The Hall–Kier alpha value is -2.41. The van der Waals surface area contributed by atoms with E-state index in [1.165, 1.54) is 11.3 Å². The van der Waals surface area contributed by atoms with E-state index >= 15 is 0 Å². The van der Waals surface area contributed by atoms with E-state index in [9.17, 15) is 14.7 Å². The van der Waals surface area contributed by atoms with Gasteiger partial charge in [-0.3, -0.25) is 9.59 Å². The molecule has 0 spiro atoms. The van der Waals surface area contributed by atoms with Crippen molar-refractivity contribution in [3.63, 3.8) is 0 Å². The Bertz CT molecular complexity index is 802. The number of carbonyl (C=O) groups is 2. The molecule has 1 aromatic carbocycles. The van der Waals surface area contributed by atoms with E-state index in [4.69, 9.17) is 4.74 Å². The number of benzene rings is 1. The highest BCUT2D eigenvalue weighted by molar-refractivity contribution is 7.13. The van der Waals surface area contributed by atoms with E-state index in [1.54, 1.807) is 17.2 Å². The molecule has 1 saturated heterocycles. The first-order chi connectivity index (χ1) is 12.4. The minimum absolute atomic E-state index is 0.208. The van der Waals surface area contributed by atoms with Crippen molar-refractivity contribution in [2.45, 2.75) is 26.7 Å². The van der Waals surface area contributed by atoms with E-state index in [-0.39, 0.29) is 12.5 Å². The second-order valence-corrected chi connectivity index (χ2v) is 7.61. The number of carboxylic acid groups (broad SMARTS) is 1. The molecule has 26 heavy (non-hydrogen) atoms. The monoisotopic (exact) mass is 374 g/mol. The van der Waals surface area contributed by atoms with Crippen molar-refractivity contribution in [2.75, 3.05) is 19.7 Å². The van der Waals surface area contributed by atoms with Gasteiger partial charge in [0, 0.05) is 24.0 Å². The minimum atomic E-state index is -0.872. The number of aliphatic carboxylic acids is 1. The average Bonchev–Trinajstić information content (AvgIpc) is 3.28. The van der Waals surface area contributed by atoms with Crippen LogP contribution in [-0.4, -0.2) is 46.6 Å². The highest BCUT2D eigenvalue weighted by atomic mass is 32.1. The number of hydrogen-bond acceptors (Lipinski definition) is 5. The van der Waals surface area contributed by atoms with Gasteiger partial charge in [-0.05, 0) is 44.0 Å². The number of nitrogens with zero attached hydrogens (tertiary/aromatic N) is 2. The summed E-state index contributed by atoms with van der Waals surface area (Å²) < 4.78 is 5.57. The SMILES string of the molecule is CCCOc1ccc(-c2nc(C(=O)N3CCC(C)(C(=O)O)C3)cs2)cc1. The molecule has 1 aliphatic heterocycles. The van der Waals surface area contributed by atoms with E-state index in [0.29, 0.717) is 25.3 Å². The summed E-state index contributed by atoms with van der Waals surface area (Å²) in [5, 5.41) is 11.8. The van der Waals surface area contributed by atoms with Crippen LogP contribution in [0.25, 0.3) is 10.6 Å². The molecule has 2 heterocycles. The third kappa shape index (κ3) is 3.72. The largest absolute Gasteiger partial charge is 0.494 e. The lowest BCUT2D eigenvalue weighted by Gasteiger charge is -2.19. The van der Waals surface area contributed by atoms with Crippen molar-refractivity contribution in [2.24, 2.45) is 5.41 Å². The summed E-state index contributed by atoms with van der Waals surface area (Å²) in [6, 6.07) is 7.64. The van der Waals surface area contributed by atoms with Gasteiger partial charge in [-0.25, -0.2) is 4.98 Å². The molecule has 138 valence electrons. The lowest BCUT2D eigenvalue weighted by atomic mass is 9.90. The molecule has 6 nitrogen and oxygen atoms in total. The molecule has 0 saturated carbocycles. The molecule has 1 aliphatic rings. The van der Waals surface area contributed by atoms with Gasteiger partial charge in [-0.2, -0.15) is 0 Å². The highest BCUT2D eigenvalue weighted by Crippen LogP contribution is 2.32. The second kappa shape index (κ2) is 7.45. The summed E-state index contributed by atoms with van der Waals surface area (Å²) in [4.78, 5) is 30.0. The van der Waals surface area contributed by atoms with Gasteiger partial charge < -0.3 is 14.7 Å². The highest BCUT2D eigenvalue weighted by Gasteiger charge is 2.42. The first-order valence-electron chi connectivity index (χ1n) is 8.64. The molecule has 7 heteroatoms. The number of hydrogen-bond donors (Lipinski definition) is 1. The minimum Gasteiger partial charge on any atom is -0.494 e. The van der Waals surface area contributed by atoms with Crippen molar-refractivity contribution in [3.05, 3.63) is 35.3 Å². The van der Waals surface area contributed by atoms with Crippen LogP contribution in [-0.2, 0) is 4.79 Å². The molecule has 3 rings (SSSR count). The molecule has 1 amide bonds. The van der Waals surface area contributed by atoms with Crippen molar-refractivity contribution >= 4 is 23.2 Å². The molecule has 1 fully saturated rings. The van der Waals surface area contributed by atoms with E-state index in [2.05, 4.69) is 11.9 Å². The summed E-state index contributed by atoms with van der Waals surface area (Å²) in [6.07, 6.45) is 1.42. The van der Waals surface area contributed by atoms with Crippen LogP contribution in [0.2, 0.25) is 0 Å². The van der Waals surface area contributed by atoms with E-state index < -0.39 is 11.4 Å². The Kier molecular flexibility index (Phi) is 5.27. The lowest BCUT2D eigenvalue weighted by molar-refractivity contribution is -0.147. The van der Waals surface area contributed by atoms with Gasteiger partial charge in [-0.1, -0.05) is 6.92 Å². The fourth-order valence-electron chi connectivity index (χ4n) is 2.89.